The molecule has 1 fully saturated rings. The molecule has 0 aliphatic carbocycles. The van der Waals surface area contributed by atoms with E-state index in [4.69, 9.17) is 4.74 Å². The number of piperazine rings is 1. The lowest BCUT2D eigenvalue weighted by Gasteiger charge is -2.31. The molecule has 0 spiro atoms. The molecule has 0 aromatic heterocycles. The first-order valence-electron chi connectivity index (χ1n) is 5.99. The van der Waals surface area contributed by atoms with E-state index in [1.54, 1.807) is 0 Å². The molecule has 1 aliphatic heterocycles. The van der Waals surface area contributed by atoms with Crippen molar-refractivity contribution >= 4 is 17.7 Å². The molecule has 7 heteroatoms. The van der Waals surface area contributed by atoms with Crippen molar-refractivity contribution in [3.63, 3.8) is 0 Å². The molecule has 2 rings (SSSR count). The molecule has 1 aromatic rings. The highest BCUT2D eigenvalue weighted by atomic mass is 19.1. The molecule has 6 nitrogen and oxygen atoms in total. The van der Waals surface area contributed by atoms with Crippen LogP contribution < -0.4 is 10.1 Å². The van der Waals surface area contributed by atoms with Crippen LogP contribution in [0.25, 0.3) is 0 Å². The predicted octanol–water partition coefficient (Wildman–Crippen LogP) is 0.0780. The van der Waals surface area contributed by atoms with Crippen LogP contribution in [0.5, 0.6) is 5.75 Å². The van der Waals surface area contributed by atoms with Gasteiger partial charge >= 0.3 is 0 Å². The third-order valence-electron chi connectivity index (χ3n) is 2.90. The van der Waals surface area contributed by atoms with Crippen molar-refractivity contribution in [1.29, 1.82) is 0 Å². The molecule has 1 saturated heterocycles. The lowest BCUT2D eigenvalue weighted by molar-refractivity contribution is -0.150. The third kappa shape index (κ3) is 3.11. The van der Waals surface area contributed by atoms with E-state index >= 15 is 0 Å². The molecule has 0 bridgehead atoms. The van der Waals surface area contributed by atoms with Crippen molar-refractivity contribution in [1.82, 2.24) is 10.2 Å². The second-order valence-corrected chi connectivity index (χ2v) is 4.36. The van der Waals surface area contributed by atoms with Gasteiger partial charge < -0.3 is 9.64 Å². The Labute approximate surface area is 114 Å². The number of carbonyl (C=O) groups excluding carboxylic acids is 3. The van der Waals surface area contributed by atoms with Gasteiger partial charge in [-0.05, 0) is 19.1 Å². The van der Waals surface area contributed by atoms with E-state index < -0.39 is 29.6 Å². The van der Waals surface area contributed by atoms with Crippen LogP contribution in [0, 0.1) is 5.82 Å². The van der Waals surface area contributed by atoms with E-state index in [2.05, 4.69) is 5.32 Å². The number of halogens is 1. The highest BCUT2D eigenvalue weighted by Crippen LogP contribution is 2.12. The highest BCUT2D eigenvalue weighted by Gasteiger charge is 2.33. The van der Waals surface area contributed by atoms with Crippen LogP contribution in [0.3, 0.4) is 0 Å². The SMILES string of the molecule is CC1C(=O)NC(=O)CN1C(=O)COc1cccc(F)c1. The molecule has 1 N–H and O–H groups in total. The van der Waals surface area contributed by atoms with Gasteiger partial charge in [-0.2, -0.15) is 0 Å². The Hall–Kier alpha value is -2.44. The van der Waals surface area contributed by atoms with Crippen LogP contribution in [-0.4, -0.2) is 41.8 Å². The molecule has 1 unspecified atom stereocenters. The average Bonchev–Trinajstić information content (AvgIpc) is 2.40. The predicted molar refractivity (Wildman–Crippen MR) is 66.2 cm³/mol. The minimum absolute atomic E-state index is 0.196. The van der Waals surface area contributed by atoms with Crippen molar-refractivity contribution in [2.24, 2.45) is 0 Å². The van der Waals surface area contributed by atoms with Gasteiger partial charge in [0.05, 0.1) is 0 Å². The second kappa shape index (κ2) is 5.68. The van der Waals surface area contributed by atoms with E-state index in [1.165, 1.54) is 25.1 Å². The van der Waals surface area contributed by atoms with Crippen LogP contribution in [-0.2, 0) is 14.4 Å². The van der Waals surface area contributed by atoms with Gasteiger partial charge in [-0.25, -0.2) is 4.39 Å². The monoisotopic (exact) mass is 280 g/mol. The Kier molecular flexibility index (Phi) is 3.97. The van der Waals surface area contributed by atoms with E-state index in [0.717, 1.165) is 11.0 Å². The topological polar surface area (TPSA) is 75.7 Å². The normalized spacial score (nSPS) is 18.7. The molecule has 1 atom stereocenters. The lowest BCUT2D eigenvalue weighted by Crippen LogP contribution is -2.59. The Balaban J connectivity index is 1.97. The number of nitrogens with zero attached hydrogens (tertiary/aromatic N) is 1. The van der Waals surface area contributed by atoms with Gasteiger partial charge in [0, 0.05) is 6.07 Å². The molecule has 1 aromatic carbocycles. The Morgan fingerprint density at radius 1 is 1.50 bits per heavy atom. The van der Waals surface area contributed by atoms with E-state index in [1.807, 2.05) is 0 Å². The number of nitrogens with one attached hydrogen (secondary N) is 1. The van der Waals surface area contributed by atoms with Crippen LogP contribution >= 0.6 is 0 Å². The van der Waals surface area contributed by atoms with Gasteiger partial charge in [-0.1, -0.05) is 6.07 Å². The standard InChI is InChI=1S/C13H13FN2O4/c1-8-13(19)15-11(17)6-16(8)12(18)7-20-10-4-2-3-9(14)5-10/h2-5,8H,6-7H2,1H3,(H,15,17,19). The first-order chi connectivity index (χ1) is 9.47. The number of amides is 3. The average molecular weight is 280 g/mol. The Morgan fingerprint density at radius 2 is 2.25 bits per heavy atom. The summed E-state index contributed by atoms with van der Waals surface area (Å²) in [7, 11) is 0. The summed E-state index contributed by atoms with van der Waals surface area (Å²) >= 11 is 0. The summed E-state index contributed by atoms with van der Waals surface area (Å²) in [6.07, 6.45) is 0. The fraction of sp³-hybridized carbons (Fsp3) is 0.308. The molecule has 20 heavy (non-hydrogen) atoms. The summed E-state index contributed by atoms with van der Waals surface area (Å²) in [5.41, 5.74) is 0. The van der Waals surface area contributed by atoms with Gasteiger partial charge in [0.15, 0.2) is 6.61 Å². The number of benzene rings is 1. The van der Waals surface area contributed by atoms with Crippen molar-refractivity contribution in [2.45, 2.75) is 13.0 Å². The Morgan fingerprint density at radius 3 is 2.95 bits per heavy atom. The van der Waals surface area contributed by atoms with Crippen molar-refractivity contribution in [2.75, 3.05) is 13.2 Å². The maximum absolute atomic E-state index is 12.9. The van der Waals surface area contributed by atoms with Crippen LogP contribution in [0.4, 0.5) is 4.39 Å². The van der Waals surface area contributed by atoms with E-state index in [9.17, 15) is 18.8 Å². The Bertz CT molecular complexity index is 561. The molecule has 0 saturated carbocycles. The summed E-state index contributed by atoms with van der Waals surface area (Å²) in [6, 6.07) is 4.62. The number of carbonyl (C=O) groups is 3. The van der Waals surface area contributed by atoms with Crippen molar-refractivity contribution < 1.29 is 23.5 Å². The zero-order valence-corrected chi connectivity index (χ0v) is 10.8. The van der Waals surface area contributed by atoms with Gasteiger partial charge in [-0.3, -0.25) is 19.7 Å². The molecule has 106 valence electrons. The van der Waals surface area contributed by atoms with Gasteiger partial charge in [0.25, 0.3) is 5.91 Å². The summed E-state index contributed by atoms with van der Waals surface area (Å²) in [5.74, 6) is -1.84. The number of imide groups is 1. The molecule has 1 aliphatic rings. The maximum Gasteiger partial charge on any atom is 0.261 e. The molecule has 3 amide bonds. The van der Waals surface area contributed by atoms with Gasteiger partial charge in [0.1, 0.15) is 24.2 Å². The van der Waals surface area contributed by atoms with E-state index in [0.29, 0.717) is 0 Å². The highest BCUT2D eigenvalue weighted by molar-refractivity contribution is 6.04. The number of hydrogen-bond donors (Lipinski definition) is 1. The minimum Gasteiger partial charge on any atom is -0.484 e. The minimum atomic E-state index is -0.740. The molecular formula is C13H13FN2O4. The van der Waals surface area contributed by atoms with E-state index in [-0.39, 0.29) is 18.9 Å². The zero-order valence-electron chi connectivity index (χ0n) is 10.8. The fourth-order valence-corrected chi connectivity index (χ4v) is 1.80. The number of ether oxygens (including phenoxy) is 1. The van der Waals surface area contributed by atoms with Crippen LogP contribution in [0.1, 0.15) is 6.92 Å². The molecule has 0 radical (unpaired) electrons. The number of rotatable bonds is 3. The first-order valence-corrected chi connectivity index (χ1v) is 5.99. The lowest BCUT2D eigenvalue weighted by atomic mass is 10.2. The van der Waals surface area contributed by atoms with Gasteiger partial charge in [0.2, 0.25) is 11.8 Å². The largest absolute Gasteiger partial charge is 0.484 e. The van der Waals surface area contributed by atoms with Gasteiger partial charge in [-0.15, -0.1) is 0 Å². The number of hydrogen-bond acceptors (Lipinski definition) is 4. The molecular weight excluding hydrogens is 267 g/mol. The smallest absolute Gasteiger partial charge is 0.261 e. The van der Waals surface area contributed by atoms with Crippen LogP contribution in [0.2, 0.25) is 0 Å². The first kappa shape index (κ1) is 14.0. The summed E-state index contributed by atoms with van der Waals surface area (Å²) < 4.78 is 18.1. The second-order valence-electron chi connectivity index (χ2n) is 4.36. The fourth-order valence-electron chi connectivity index (χ4n) is 1.80. The molecule has 1 heterocycles. The quantitative estimate of drug-likeness (QED) is 0.795. The summed E-state index contributed by atoms with van der Waals surface area (Å²) in [5, 5.41) is 2.13. The van der Waals surface area contributed by atoms with Crippen molar-refractivity contribution in [3.8, 4) is 5.75 Å². The third-order valence-corrected chi connectivity index (χ3v) is 2.90. The summed E-state index contributed by atoms with van der Waals surface area (Å²) in [4.78, 5) is 35.7. The van der Waals surface area contributed by atoms with Crippen LogP contribution in [0.15, 0.2) is 24.3 Å². The summed E-state index contributed by atoms with van der Waals surface area (Å²) in [6.45, 7) is 0.953. The zero-order chi connectivity index (χ0) is 14.7. The maximum atomic E-state index is 12.9. The van der Waals surface area contributed by atoms with Crippen molar-refractivity contribution in [3.05, 3.63) is 30.1 Å².